The van der Waals surface area contributed by atoms with Crippen molar-refractivity contribution in [2.75, 3.05) is 19.5 Å². The van der Waals surface area contributed by atoms with Gasteiger partial charge in [-0.2, -0.15) is 0 Å². The van der Waals surface area contributed by atoms with Gasteiger partial charge in [0.15, 0.2) is 0 Å². The topological polar surface area (TPSA) is 106 Å². The lowest BCUT2D eigenvalue weighted by atomic mass is 10.2. The molecule has 0 aliphatic heterocycles. The van der Waals surface area contributed by atoms with Gasteiger partial charge in [-0.25, -0.2) is 13.1 Å². The van der Waals surface area contributed by atoms with Gasteiger partial charge in [0.05, 0.1) is 30.2 Å². The molecule has 18 heavy (non-hydrogen) atoms. The highest BCUT2D eigenvalue weighted by Gasteiger charge is 2.15. The summed E-state index contributed by atoms with van der Waals surface area (Å²) in [4.78, 5) is 15.4. The molecule has 1 aromatic rings. The second kappa shape index (κ2) is 6.43. The minimum absolute atomic E-state index is 0.00428. The lowest BCUT2D eigenvalue weighted by molar-refractivity contribution is 0.0980. The Labute approximate surface area is 105 Å². The van der Waals surface area contributed by atoms with E-state index in [0.29, 0.717) is 5.69 Å². The molecule has 1 rings (SSSR count). The van der Waals surface area contributed by atoms with Crippen LogP contribution in [0.15, 0.2) is 18.3 Å². The van der Waals surface area contributed by atoms with Crippen LogP contribution in [-0.4, -0.2) is 43.9 Å². The van der Waals surface area contributed by atoms with E-state index in [1.54, 1.807) is 0 Å². The average molecular weight is 274 g/mol. The first-order chi connectivity index (χ1) is 8.48. The third-order valence-electron chi connectivity index (χ3n) is 2.05. The molecule has 0 aliphatic rings. The fraction of sp³-hybridized carbons (Fsp3) is 0.400. The second-order valence-electron chi connectivity index (χ2n) is 3.44. The van der Waals surface area contributed by atoms with E-state index in [4.69, 9.17) is 5.11 Å². The van der Waals surface area contributed by atoms with Crippen LogP contribution in [0.4, 0.5) is 0 Å². The van der Waals surface area contributed by atoms with Crippen molar-refractivity contribution < 1.29 is 23.1 Å². The number of hydrogen-bond donors (Lipinski definition) is 2. The van der Waals surface area contributed by atoms with E-state index >= 15 is 0 Å². The van der Waals surface area contributed by atoms with Crippen molar-refractivity contribution in [2.24, 2.45) is 0 Å². The first-order valence-corrected chi connectivity index (χ1v) is 6.73. The molecule has 7 nitrogen and oxygen atoms in total. The molecule has 1 heterocycles. The van der Waals surface area contributed by atoms with Crippen molar-refractivity contribution in [3.05, 3.63) is 29.6 Å². The number of ether oxygens (including phenoxy) is 1. The molecule has 0 unspecified atom stereocenters. The van der Waals surface area contributed by atoms with Gasteiger partial charge in [-0.3, -0.25) is 9.78 Å². The molecule has 0 radical (unpaired) electrons. The highest BCUT2D eigenvalue weighted by Crippen LogP contribution is 2.01. The first kappa shape index (κ1) is 14.6. The maximum absolute atomic E-state index is 11.6. The molecule has 1 amide bonds. The van der Waals surface area contributed by atoms with Gasteiger partial charge >= 0.3 is 0 Å². The number of hydrogen-bond acceptors (Lipinski definition) is 6. The fourth-order valence-electron chi connectivity index (χ4n) is 1.10. The van der Waals surface area contributed by atoms with Crippen LogP contribution in [-0.2, 0) is 21.4 Å². The van der Waals surface area contributed by atoms with Crippen LogP contribution >= 0.6 is 0 Å². The number of amides is 1. The van der Waals surface area contributed by atoms with Crippen LogP contribution in [0, 0.1) is 0 Å². The summed E-state index contributed by atoms with van der Waals surface area (Å²) in [5.74, 6) is -1.06. The van der Waals surface area contributed by atoms with E-state index < -0.39 is 15.9 Å². The number of methoxy groups -OCH3 is 1. The molecule has 0 atom stereocenters. The SMILES string of the molecule is COCCS(=O)(=O)NC(=O)c1ccc(CO)nc1. The monoisotopic (exact) mass is 274 g/mol. The van der Waals surface area contributed by atoms with Crippen LogP contribution in [0.3, 0.4) is 0 Å². The molecular formula is C10H14N2O5S. The van der Waals surface area contributed by atoms with Crippen molar-refractivity contribution >= 4 is 15.9 Å². The van der Waals surface area contributed by atoms with Gasteiger partial charge in [-0.1, -0.05) is 0 Å². The number of nitrogens with zero attached hydrogens (tertiary/aromatic N) is 1. The third-order valence-corrected chi connectivity index (χ3v) is 3.25. The Hall–Kier alpha value is -1.51. The zero-order valence-electron chi connectivity index (χ0n) is 9.79. The molecule has 2 N–H and O–H groups in total. The normalized spacial score (nSPS) is 11.2. The van der Waals surface area contributed by atoms with E-state index in [1.807, 2.05) is 4.72 Å². The van der Waals surface area contributed by atoms with Gasteiger partial charge in [-0.15, -0.1) is 0 Å². The Balaban J connectivity index is 2.70. The van der Waals surface area contributed by atoms with E-state index in [0.717, 1.165) is 0 Å². The fourth-order valence-corrected chi connectivity index (χ4v) is 1.99. The molecule has 100 valence electrons. The molecule has 0 aliphatic carbocycles. The Morgan fingerprint density at radius 3 is 2.72 bits per heavy atom. The number of carbonyl (C=O) groups excluding carboxylic acids is 1. The van der Waals surface area contributed by atoms with E-state index in [2.05, 4.69) is 9.72 Å². The Morgan fingerprint density at radius 1 is 1.50 bits per heavy atom. The number of carbonyl (C=O) groups is 1. The van der Waals surface area contributed by atoms with Gasteiger partial charge in [-0.05, 0) is 12.1 Å². The zero-order chi connectivity index (χ0) is 13.6. The lowest BCUT2D eigenvalue weighted by Gasteiger charge is -2.06. The third kappa shape index (κ3) is 4.40. The summed E-state index contributed by atoms with van der Waals surface area (Å²) in [7, 11) is -2.34. The Bertz CT molecular complexity index is 498. The van der Waals surface area contributed by atoms with E-state index in [1.165, 1.54) is 25.4 Å². The summed E-state index contributed by atoms with van der Waals surface area (Å²) < 4.78 is 29.4. The quantitative estimate of drug-likeness (QED) is 0.709. The number of rotatable bonds is 6. The number of sulfonamides is 1. The standard InChI is InChI=1S/C10H14N2O5S/c1-17-4-5-18(15,16)12-10(14)8-2-3-9(7-13)11-6-8/h2-3,6,13H,4-5,7H2,1H3,(H,12,14). The average Bonchev–Trinajstić information content (AvgIpc) is 2.36. The highest BCUT2D eigenvalue weighted by atomic mass is 32.2. The molecule has 1 aromatic heterocycles. The lowest BCUT2D eigenvalue weighted by Crippen LogP contribution is -2.33. The molecular weight excluding hydrogens is 260 g/mol. The van der Waals surface area contributed by atoms with Crippen molar-refractivity contribution in [1.82, 2.24) is 9.71 Å². The Kier molecular flexibility index (Phi) is 5.20. The van der Waals surface area contributed by atoms with E-state index in [-0.39, 0.29) is 24.5 Å². The minimum atomic E-state index is -3.71. The van der Waals surface area contributed by atoms with Gasteiger partial charge in [0, 0.05) is 13.3 Å². The van der Waals surface area contributed by atoms with Gasteiger partial charge < -0.3 is 9.84 Å². The highest BCUT2D eigenvalue weighted by molar-refractivity contribution is 7.90. The van der Waals surface area contributed by atoms with Crippen LogP contribution in [0.2, 0.25) is 0 Å². The predicted molar refractivity (Wildman–Crippen MR) is 63.3 cm³/mol. The summed E-state index contributed by atoms with van der Waals surface area (Å²) in [6, 6.07) is 2.83. The largest absolute Gasteiger partial charge is 0.390 e. The number of aromatic nitrogens is 1. The van der Waals surface area contributed by atoms with Crippen LogP contribution in [0.1, 0.15) is 16.1 Å². The minimum Gasteiger partial charge on any atom is -0.390 e. The molecule has 0 saturated heterocycles. The van der Waals surface area contributed by atoms with Crippen LogP contribution < -0.4 is 4.72 Å². The molecule has 8 heteroatoms. The summed E-state index contributed by atoms with van der Waals surface area (Å²) in [6.07, 6.45) is 1.20. The zero-order valence-corrected chi connectivity index (χ0v) is 10.6. The van der Waals surface area contributed by atoms with Crippen molar-refractivity contribution in [2.45, 2.75) is 6.61 Å². The van der Waals surface area contributed by atoms with Gasteiger partial charge in [0.2, 0.25) is 10.0 Å². The van der Waals surface area contributed by atoms with Gasteiger partial charge in [0.25, 0.3) is 5.91 Å². The van der Waals surface area contributed by atoms with Crippen LogP contribution in [0.5, 0.6) is 0 Å². The number of aliphatic hydroxyl groups is 1. The first-order valence-electron chi connectivity index (χ1n) is 5.08. The van der Waals surface area contributed by atoms with Crippen molar-refractivity contribution in [1.29, 1.82) is 0 Å². The van der Waals surface area contributed by atoms with Crippen molar-refractivity contribution in [3.8, 4) is 0 Å². The van der Waals surface area contributed by atoms with Crippen molar-refractivity contribution in [3.63, 3.8) is 0 Å². The molecule has 0 spiro atoms. The van der Waals surface area contributed by atoms with Gasteiger partial charge in [0.1, 0.15) is 0 Å². The maximum Gasteiger partial charge on any atom is 0.266 e. The molecule has 0 fully saturated rings. The molecule has 0 saturated carbocycles. The number of pyridine rings is 1. The summed E-state index contributed by atoms with van der Waals surface area (Å²) in [5, 5.41) is 8.78. The van der Waals surface area contributed by atoms with E-state index in [9.17, 15) is 13.2 Å². The predicted octanol–water partition coefficient (Wildman–Crippen LogP) is -0.720. The maximum atomic E-state index is 11.6. The smallest absolute Gasteiger partial charge is 0.266 e. The second-order valence-corrected chi connectivity index (χ2v) is 5.28. The summed E-state index contributed by atoms with van der Waals surface area (Å²) in [5.41, 5.74) is 0.502. The number of nitrogens with one attached hydrogen (secondary N) is 1. The molecule has 0 bridgehead atoms. The summed E-state index contributed by atoms with van der Waals surface area (Å²) in [6.45, 7) is -0.238. The molecule has 0 aromatic carbocycles. The Morgan fingerprint density at radius 2 is 2.22 bits per heavy atom. The van der Waals surface area contributed by atoms with Crippen LogP contribution in [0.25, 0.3) is 0 Å². The summed E-state index contributed by atoms with van der Waals surface area (Å²) >= 11 is 0. The number of aliphatic hydroxyl groups excluding tert-OH is 1.